The maximum Gasteiger partial charge on any atom is 0.166 e. The van der Waals surface area contributed by atoms with Crippen molar-refractivity contribution in [3.63, 3.8) is 0 Å². The Kier molecular flexibility index (Phi) is 3.37. The van der Waals surface area contributed by atoms with E-state index in [0.29, 0.717) is 5.56 Å². The highest BCUT2D eigenvalue weighted by molar-refractivity contribution is 7.80. The van der Waals surface area contributed by atoms with Gasteiger partial charge in [0.25, 0.3) is 0 Å². The van der Waals surface area contributed by atoms with Gasteiger partial charge in [0, 0.05) is 5.56 Å². The number of nitrogens with zero attached hydrogens (tertiary/aromatic N) is 1. The molecule has 0 saturated carbocycles. The SMILES string of the molecule is Fc1cc(-c2cc(=S)ss2)c(Cl)nc1Cl. The predicted octanol–water partition coefficient (Wildman–Crippen LogP) is 5.05. The third kappa shape index (κ3) is 2.37. The molecule has 0 bridgehead atoms. The van der Waals surface area contributed by atoms with Crippen LogP contribution in [0.25, 0.3) is 10.4 Å². The highest BCUT2D eigenvalue weighted by atomic mass is 35.5. The summed E-state index contributed by atoms with van der Waals surface area (Å²) in [6, 6.07) is 3.03. The first-order valence-electron chi connectivity index (χ1n) is 3.70. The molecule has 2 rings (SSSR count). The van der Waals surface area contributed by atoms with Crippen molar-refractivity contribution in [1.82, 2.24) is 4.98 Å². The van der Waals surface area contributed by atoms with Crippen LogP contribution >= 0.6 is 56.1 Å². The molecule has 0 aromatic carbocycles. The first kappa shape index (κ1) is 11.4. The van der Waals surface area contributed by atoms with Gasteiger partial charge in [-0.2, -0.15) is 0 Å². The first-order valence-corrected chi connectivity index (χ1v) is 7.01. The Morgan fingerprint density at radius 2 is 1.93 bits per heavy atom. The molecule has 0 aliphatic rings. The zero-order valence-corrected chi connectivity index (χ0v) is 10.9. The van der Waals surface area contributed by atoms with Crippen molar-refractivity contribution in [2.75, 3.05) is 0 Å². The summed E-state index contributed by atoms with van der Waals surface area (Å²) >= 11 is 16.3. The molecule has 0 aliphatic heterocycles. The lowest BCUT2D eigenvalue weighted by atomic mass is 10.2. The third-order valence-electron chi connectivity index (χ3n) is 1.61. The van der Waals surface area contributed by atoms with Gasteiger partial charge in [-0.25, -0.2) is 9.37 Å². The van der Waals surface area contributed by atoms with Crippen LogP contribution in [0.3, 0.4) is 0 Å². The quantitative estimate of drug-likeness (QED) is 0.415. The number of rotatable bonds is 1. The van der Waals surface area contributed by atoms with Crippen molar-refractivity contribution in [2.24, 2.45) is 0 Å². The molecule has 2 aromatic heterocycles. The molecule has 0 spiro atoms. The summed E-state index contributed by atoms with van der Waals surface area (Å²) in [6.45, 7) is 0. The molecule has 0 fully saturated rings. The van der Waals surface area contributed by atoms with E-state index in [4.69, 9.17) is 35.4 Å². The van der Waals surface area contributed by atoms with Crippen LogP contribution in [0.2, 0.25) is 10.3 Å². The Labute approximate surface area is 108 Å². The van der Waals surface area contributed by atoms with E-state index in [1.165, 1.54) is 26.7 Å². The summed E-state index contributed by atoms with van der Waals surface area (Å²) in [7, 11) is 2.87. The van der Waals surface area contributed by atoms with Gasteiger partial charge in [0.05, 0.1) is 4.88 Å². The summed E-state index contributed by atoms with van der Waals surface area (Å²) in [4.78, 5) is 4.50. The number of pyridine rings is 1. The maximum atomic E-state index is 13.2. The van der Waals surface area contributed by atoms with Crippen molar-refractivity contribution in [2.45, 2.75) is 0 Å². The molecule has 15 heavy (non-hydrogen) atoms. The lowest BCUT2D eigenvalue weighted by molar-refractivity contribution is 0.622. The number of hydrogen-bond donors (Lipinski definition) is 0. The van der Waals surface area contributed by atoms with Crippen molar-refractivity contribution in [1.29, 1.82) is 0 Å². The molecule has 0 saturated heterocycles. The van der Waals surface area contributed by atoms with E-state index >= 15 is 0 Å². The van der Waals surface area contributed by atoms with Crippen molar-refractivity contribution >= 4 is 56.1 Å². The average molecular weight is 298 g/mol. The zero-order chi connectivity index (χ0) is 11.0. The second-order valence-corrected chi connectivity index (χ2v) is 6.22. The highest BCUT2D eigenvalue weighted by Crippen LogP contribution is 2.34. The molecule has 2 heterocycles. The van der Waals surface area contributed by atoms with Crippen LogP contribution in [0.5, 0.6) is 0 Å². The molecule has 0 atom stereocenters. The van der Waals surface area contributed by atoms with E-state index in [1.54, 1.807) is 6.07 Å². The lowest BCUT2D eigenvalue weighted by Crippen LogP contribution is -1.86. The van der Waals surface area contributed by atoms with Crippen LogP contribution in [0, 0.1) is 9.64 Å². The van der Waals surface area contributed by atoms with Crippen LogP contribution < -0.4 is 0 Å². The fraction of sp³-hybridized carbons (Fsp3) is 0. The van der Waals surface area contributed by atoms with Crippen LogP contribution in [0.15, 0.2) is 12.1 Å². The molecule has 0 unspecified atom stereocenters. The Morgan fingerprint density at radius 1 is 1.20 bits per heavy atom. The fourth-order valence-electron chi connectivity index (χ4n) is 0.982. The molecule has 78 valence electrons. The normalized spacial score (nSPS) is 10.6. The number of halogens is 3. The molecule has 0 radical (unpaired) electrons. The molecule has 7 heteroatoms. The zero-order valence-electron chi connectivity index (χ0n) is 6.96. The van der Waals surface area contributed by atoms with Gasteiger partial charge in [0.2, 0.25) is 0 Å². The average Bonchev–Trinajstić information content (AvgIpc) is 2.58. The monoisotopic (exact) mass is 297 g/mol. The molecule has 0 N–H and O–H groups in total. The molecular formula is C8H2Cl2FNS3. The summed E-state index contributed by atoms with van der Waals surface area (Å²) in [5.74, 6) is -0.583. The van der Waals surface area contributed by atoms with E-state index in [2.05, 4.69) is 4.98 Å². The molecule has 0 aliphatic carbocycles. The summed E-state index contributed by atoms with van der Waals surface area (Å²) in [5.41, 5.74) is 0.524. The van der Waals surface area contributed by atoms with Gasteiger partial charge >= 0.3 is 0 Å². The molecular weight excluding hydrogens is 296 g/mol. The van der Waals surface area contributed by atoms with Crippen LogP contribution in [-0.2, 0) is 0 Å². The minimum absolute atomic E-state index is 0.186. The van der Waals surface area contributed by atoms with Crippen LogP contribution in [-0.4, -0.2) is 4.98 Å². The molecule has 0 amide bonds. The minimum Gasteiger partial charge on any atom is -0.221 e. The van der Waals surface area contributed by atoms with E-state index in [9.17, 15) is 4.39 Å². The van der Waals surface area contributed by atoms with E-state index in [-0.39, 0.29) is 10.3 Å². The van der Waals surface area contributed by atoms with Crippen molar-refractivity contribution < 1.29 is 4.39 Å². The lowest BCUT2D eigenvalue weighted by Gasteiger charge is -2.01. The van der Waals surface area contributed by atoms with Crippen molar-refractivity contribution in [3.8, 4) is 10.4 Å². The van der Waals surface area contributed by atoms with Crippen molar-refractivity contribution in [3.05, 3.63) is 32.1 Å². The van der Waals surface area contributed by atoms with Crippen LogP contribution in [0.1, 0.15) is 0 Å². The maximum absolute atomic E-state index is 13.2. The smallest absolute Gasteiger partial charge is 0.166 e. The van der Waals surface area contributed by atoms with Gasteiger partial charge in [-0.3, -0.25) is 0 Å². The Balaban J connectivity index is 2.63. The Hall–Kier alpha value is -0.0700. The summed E-state index contributed by atoms with van der Waals surface area (Å²) < 4.78 is 13.9. The highest BCUT2D eigenvalue weighted by Gasteiger charge is 2.11. The van der Waals surface area contributed by atoms with Crippen LogP contribution in [0.4, 0.5) is 4.39 Å². The number of aromatic nitrogens is 1. The third-order valence-corrected chi connectivity index (χ3v) is 5.06. The predicted molar refractivity (Wildman–Crippen MR) is 66.2 cm³/mol. The largest absolute Gasteiger partial charge is 0.221 e. The fourth-order valence-corrected chi connectivity index (χ4v) is 3.86. The summed E-state index contributed by atoms with van der Waals surface area (Å²) in [5, 5.41) is -0.0342. The Bertz CT molecular complexity index is 563. The molecule has 1 nitrogen and oxygen atoms in total. The Morgan fingerprint density at radius 3 is 2.53 bits per heavy atom. The van der Waals surface area contributed by atoms with Gasteiger partial charge in [0.15, 0.2) is 11.0 Å². The first-order chi connectivity index (χ1) is 7.08. The van der Waals surface area contributed by atoms with Gasteiger partial charge in [-0.05, 0) is 12.1 Å². The van der Waals surface area contributed by atoms with Gasteiger partial charge in [-0.15, -0.1) is 0 Å². The number of hydrogen-bond acceptors (Lipinski definition) is 4. The van der Waals surface area contributed by atoms with Gasteiger partial charge in [0.1, 0.15) is 8.98 Å². The standard InChI is InChI=1S/C8H2Cl2FNS3/c9-7-3(1-4(11)8(10)12-7)5-2-6(13)15-14-5/h1-2H. The van der Waals surface area contributed by atoms with E-state index in [1.807, 2.05) is 0 Å². The van der Waals surface area contributed by atoms with E-state index < -0.39 is 5.82 Å². The minimum atomic E-state index is -0.583. The van der Waals surface area contributed by atoms with Gasteiger partial charge in [-0.1, -0.05) is 56.1 Å². The summed E-state index contributed by atoms with van der Waals surface area (Å²) in [6.07, 6.45) is 0. The topological polar surface area (TPSA) is 12.9 Å². The second-order valence-electron chi connectivity index (χ2n) is 2.59. The van der Waals surface area contributed by atoms with E-state index in [0.717, 1.165) is 8.70 Å². The second kappa shape index (κ2) is 4.43. The van der Waals surface area contributed by atoms with Gasteiger partial charge < -0.3 is 0 Å². The molecule has 2 aromatic rings.